The molecule has 1 N–H and O–H groups in total. The Balaban J connectivity index is 1.01. The summed E-state index contributed by atoms with van der Waals surface area (Å²) in [5.74, 6) is 3.18. The molecule has 1 heterocycles. The van der Waals surface area contributed by atoms with Crippen molar-refractivity contribution in [3.05, 3.63) is 11.6 Å². The van der Waals surface area contributed by atoms with E-state index in [2.05, 4.69) is 46.0 Å². The van der Waals surface area contributed by atoms with E-state index < -0.39 is 29.0 Å². The highest BCUT2D eigenvalue weighted by Crippen LogP contribution is 2.67. The van der Waals surface area contributed by atoms with Crippen LogP contribution < -0.4 is 5.32 Å². The quantitative estimate of drug-likeness (QED) is 0.0832. The number of amides is 3. The predicted molar refractivity (Wildman–Crippen MR) is 212 cm³/mol. The van der Waals surface area contributed by atoms with Gasteiger partial charge in [-0.25, -0.2) is 9.59 Å². The van der Waals surface area contributed by atoms with Crippen molar-refractivity contribution in [3.63, 3.8) is 0 Å². The lowest BCUT2D eigenvalue weighted by atomic mass is 9.47. The number of carbonyl (C=O) groups excluding carboxylic acids is 4. The Labute approximate surface area is 331 Å². The Morgan fingerprint density at radius 3 is 2.36 bits per heavy atom. The molecule has 0 aromatic heterocycles. The molecule has 0 aromatic carbocycles. The van der Waals surface area contributed by atoms with Gasteiger partial charge in [0.2, 0.25) is 0 Å². The van der Waals surface area contributed by atoms with Crippen LogP contribution in [0.2, 0.25) is 0 Å². The average Bonchev–Trinajstić information content (AvgIpc) is 3.63. The molecule has 0 radical (unpaired) electrons. The number of ether oxygens (including phenoxy) is 3. The third kappa shape index (κ3) is 10.4. The second kappa shape index (κ2) is 18.0. The normalized spacial score (nSPS) is 32.3. The van der Waals surface area contributed by atoms with Gasteiger partial charge in [-0.1, -0.05) is 72.5 Å². The van der Waals surface area contributed by atoms with Crippen LogP contribution in [0.4, 0.5) is 4.79 Å². The molecule has 10 nitrogen and oxygen atoms in total. The molecule has 1 aliphatic heterocycles. The number of rotatable bonds is 18. The van der Waals surface area contributed by atoms with Crippen molar-refractivity contribution >= 4 is 23.9 Å². The van der Waals surface area contributed by atoms with E-state index in [9.17, 15) is 19.2 Å². The van der Waals surface area contributed by atoms with Crippen LogP contribution in [0.25, 0.3) is 0 Å². The molecule has 5 aliphatic rings. The number of fused-ring (bicyclic) bond motifs is 5. The minimum atomic E-state index is -0.821. The summed E-state index contributed by atoms with van der Waals surface area (Å²) < 4.78 is 18.2. The van der Waals surface area contributed by atoms with Crippen LogP contribution in [0.5, 0.6) is 0 Å². The van der Waals surface area contributed by atoms with E-state index in [1.807, 2.05) is 27.7 Å². The van der Waals surface area contributed by atoms with Crippen molar-refractivity contribution in [1.29, 1.82) is 0 Å². The van der Waals surface area contributed by atoms with Gasteiger partial charge in [-0.3, -0.25) is 9.59 Å². The topological polar surface area (TPSA) is 120 Å². The number of imide groups is 1. The SMILES string of the molecule is CCC(C)(CC(=O)ON1C(=O)CCC1=O)OCCC(C)(C)OCCNC(=O)O[C@H]1CC[C@@]2(C)C(=CCC3C4CCC(C(C)CCCC(C)C)[C@@]4(C)CCC32)C1. The van der Waals surface area contributed by atoms with Crippen LogP contribution in [0.1, 0.15) is 165 Å². The lowest BCUT2D eigenvalue weighted by Gasteiger charge is -2.58. The summed E-state index contributed by atoms with van der Waals surface area (Å²) in [5, 5.41) is 3.46. The summed E-state index contributed by atoms with van der Waals surface area (Å²) >= 11 is 0. The standard InChI is InChI=1S/C45H74N2O8/c1-10-43(7,29-40(50)55-47-38(48)18-19-39(47)49)53-26-24-42(5,6)52-27-25-46-41(51)54-33-20-22-44(8)32(28-33)14-15-34-36-17-16-35(31(4)13-11-12-30(2)3)45(36,9)23-21-37(34)44/h14,30-31,33-37H,10-13,15-29H2,1-9H3,(H,46,51)/t31?,33-,34?,35?,36?,37?,43?,44-,45+/m0/s1. The zero-order valence-corrected chi connectivity index (χ0v) is 35.8. The fraction of sp³-hybridized carbons (Fsp3) is 0.867. The Morgan fingerprint density at radius 2 is 1.67 bits per heavy atom. The van der Waals surface area contributed by atoms with Crippen LogP contribution in [0.15, 0.2) is 11.6 Å². The van der Waals surface area contributed by atoms with Crippen molar-refractivity contribution in [3.8, 4) is 0 Å². The summed E-state index contributed by atoms with van der Waals surface area (Å²) in [7, 11) is 0. The maximum atomic E-state index is 12.9. The average molecular weight is 771 g/mol. The van der Waals surface area contributed by atoms with E-state index >= 15 is 0 Å². The number of alkyl carbamates (subject to hydrolysis) is 1. The Bertz CT molecular complexity index is 1390. The Morgan fingerprint density at radius 1 is 0.945 bits per heavy atom. The molecule has 4 aliphatic carbocycles. The van der Waals surface area contributed by atoms with Gasteiger partial charge in [0.15, 0.2) is 0 Å². The monoisotopic (exact) mass is 771 g/mol. The summed E-state index contributed by atoms with van der Waals surface area (Å²) in [6, 6.07) is 0. The lowest BCUT2D eigenvalue weighted by molar-refractivity contribution is -0.201. The number of allylic oxidation sites excluding steroid dienone is 1. The van der Waals surface area contributed by atoms with Crippen molar-refractivity contribution in [2.45, 2.75) is 182 Å². The van der Waals surface area contributed by atoms with E-state index in [1.165, 1.54) is 56.9 Å². The molecule has 6 unspecified atom stereocenters. The molecule has 1 saturated heterocycles. The third-order valence-corrected chi connectivity index (χ3v) is 15.0. The smallest absolute Gasteiger partial charge is 0.407 e. The van der Waals surface area contributed by atoms with Crippen molar-refractivity contribution < 1.29 is 38.2 Å². The highest BCUT2D eigenvalue weighted by molar-refractivity contribution is 6.01. The number of hydroxylamine groups is 2. The van der Waals surface area contributed by atoms with Gasteiger partial charge < -0.3 is 24.4 Å². The largest absolute Gasteiger partial charge is 0.446 e. The van der Waals surface area contributed by atoms with Gasteiger partial charge in [0.1, 0.15) is 6.10 Å². The maximum Gasteiger partial charge on any atom is 0.407 e. The minimum absolute atomic E-state index is 0.0531. The van der Waals surface area contributed by atoms with Crippen LogP contribution in [-0.4, -0.2) is 66.0 Å². The van der Waals surface area contributed by atoms with E-state index in [-0.39, 0.29) is 36.9 Å². The zero-order valence-electron chi connectivity index (χ0n) is 35.8. The van der Waals surface area contributed by atoms with E-state index in [1.54, 1.807) is 0 Å². The van der Waals surface area contributed by atoms with Crippen molar-refractivity contribution in [2.24, 2.45) is 46.3 Å². The highest BCUT2D eigenvalue weighted by Gasteiger charge is 2.59. The van der Waals surface area contributed by atoms with Crippen LogP contribution in [0.3, 0.4) is 0 Å². The van der Waals surface area contributed by atoms with Gasteiger partial charge >= 0.3 is 12.1 Å². The van der Waals surface area contributed by atoms with E-state index in [4.69, 9.17) is 19.0 Å². The van der Waals surface area contributed by atoms with Gasteiger partial charge in [-0.15, -0.1) is 5.06 Å². The molecule has 55 heavy (non-hydrogen) atoms. The molecular weight excluding hydrogens is 697 g/mol. The summed E-state index contributed by atoms with van der Waals surface area (Å²) in [6.45, 7) is 21.1. The van der Waals surface area contributed by atoms with Gasteiger partial charge in [0, 0.05) is 25.8 Å². The minimum Gasteiger partial charge on any atom is -0.446 e. The number of nitrogens with one attached hydrogen (secondary N) is 1. The number of nitrogens with zero attached hydrogens (tertiary/aromatic N) is 1. The van der Waals surface area contributed by atoms with Gasteiger partial charge in [0.25, 0.3) is 11.8 Å². The number of carbonyl (C=O) groups is 4. The summed E-state index contributed by atoms with van der Waals surface area (Å²) in [5.41, 5.74) is 0.880. The van der Waals surface area contributed by atoms with Crippen LogP contribution in [-0.2, 0) is 33.4 Å². The molecule has 5 rings (SSSR count). The number of hydrogen-bond acceptors (Lipinski definition) is 8. The first-order valence-electron chi connectivity index (χ1n) is 21.9. The number of hydrogen-bond donors (Lipinski definition) is 1. The first-order valence-corrected chi connectivity index (χ1v) is 21.9. The third-order valence-electron chi connectivity index (χ3n) is 15.0. The Hall–Kier alpha value is -2.46. The molecule has 312 valence electrons. The first-order chi connectivity index (χ1) is 25.9. The maximum absolute atomic E-state index is 12.9. The van der Waals surface area contributed by atoms with Crippen LogP contribution >= 0.6 is 0 Å². The fourth-order valence-corrected chi connectivity index (χ4v) is 11.4. The second-order valence-electron chi connectivity index (χ2n) is 19.7. The fourth-order valence-electron chi connectivity index (χ4n) is 11.4. The van der Waals surface area contributed by atoms with Gasteiger partial charge in [0.05, 0.1) is 30.8 Å². The van der Waals surface area contributed by atoms with Crippen molar-refractivity contribution in [1.82, 2.24) is 10.4 Å². The Kier molecular flexibility index (Phi) is 14.3. The van der Waals surface area contributed by atoms with E-state index in [0.717, 1.165) is 54.8 Å². The highest BCUT2D eigenvalue weighted by atomic mass is 16.7. The van der Waals surface area contributed by atoms with E-state index in [0.29, 0.717) is 43.1 Å². The van der Waals surface area contributed by atoms with Crippen LogP contribution in [0, 0.1) is 46.3 Å². The van der Waals surface area contributed by atoms with Gasteiger partial charge in [-0.05, 0) is 125 Å². The molecule has 3 saturated carbocycles. The summed E-state index contributed by atoms with van der Waals surface area (Å²) in [6.07, 6.45) is 16.9. The molecule has 4 fully saturated rings. The molecule has 0 bridgehead atoms. The molecule has 3 amide bonds. The molecular formula is C45H74N2O8. The lowest BCUT2D eigenvalue weighted by Crippen LogP contribution is -2.51. The molecule has 0 spiro atoms. The second-order valence-corrected chi connectivity index (χ2v) is 19.7. The predicted octanol–water partition coefficient (Wildman–Crippen LogP) is 9.49. The van der Waals surface area contributed by atoms with Crippen molar-refractivity contribution in [2.75, 3.05) is 19.8 Å². The first kappa shape index (κ1) is 43.7. The molecule has 9 atom stereocenters. The zero-order chi connectivity index (χ0) is 40.2. The summed E-state index contributed by atoms with van der Waals surface area (Å²) in [4.78, 5) is 54.0. The molecule has 10 heteroatoms. The molecule has 0 aromatic rings. The van der Waals surface area contributed by atoms with Gasteiger partial charge in [-0.2, -0.15) is 0 Å².